The number of hydrogen-bond acceptors (Lipinski definition) is 6. The van der Waals surface area contributed by atoms with Crippen LogP contribution in [0.25, 0.3) is 11.3 Å². The number of para-hydroxylation sites is 2. The Morgan fingerprint density at radius 1 is 0.943 bits per heavy atom. The van der Waals surface area contributed by atoms with E-state index in [4.69, 9.17) is 19.3 Å². The second-order valence-electron chi connectivity index (χ2n) is 9.50. The van der Waals surface area contributed by atoms with Gasteiger partial charge < -0.3 is 19.3 Å². The Hall–Kier alpha value is -2.87. The molecule has 35 heavy (non-hydrogen) atoms. The zero-order valence-corrected chi connectivity index (χ0v) is 21.8. The summed E-state index contributed by atoms with van der Waals surface area (Å²) in [6.07, 6.45) is -0.515. The van der Waals surface area contributed by atoms with E-state index in [1.165, 1.54) is 0 Å². The molecule has 3 rings (SSSR count). The lowest BCUT2D eigenvalue weighted by Crippen LogP contribution is -2.37. The van der Waals surface area contributed by atoms with Crippen LogP contribution < -0.4 is 9.47 Å². The summed E-state index contributed by atoms with van der Waals surface area (Å²) >= 11 is 0. The van der Waals surface area contributed by atoms with E-state index in [2.05, 4.69) is 30.9 Å². The number of rotatable bonds is 13. The summed E-state index contributed by atoms with van der Waals surface area (Å²) in [6.45, 7) is 10.5. The average molecular weight is 482 g/mol. The maximum absolute atomic E-state index is 10.7. The van der Waals surface area contributed by atoms with E-state index in [1.807, 2.05) is 63.4 Å². The SMILES string of the molecule is COc1ccccc1Oc1c(CN(CC(C)C)CC(O)COC(C)C)c(-c2ccccc2)nn1C. The Labute approximate surface area is 209 Å². The molecule has 2 aromatic carbocycles. The van der Waals surface area contributed by atoms with Crippen molar-refractivity contribution in [2.24, 2.45) is 13.0 Å². The molecule has 3 aromatic rings. The van der Waals surface area contributed by atoms with Gasteiger partial charge in [0, 0.05) is 32.2 Å². The van der Waals surface area contributed by atoms with Crippen LogP contribution in [0.3, 0.4) is 0 Å². The first-order valence-electron chi connectivity index (χ1n) is 12.2. The lowest BCUT2D eigenvalue weighted by molar-refractivity contribution is -0.0109. The number of aromatic nitrogens is 2. The van der Waals surface area contributed by atoms with Crippen molar-refractivity contribution in [3.05, 3.63) is 60.2 Å². The number of aryl methyl sites for hydroxylation is 1. The van der Waals surface area contributed by atoms with Crippen LogP contribution in [0.5, 0.6) is 17.4 Å². The smallest absolute Gasteiger partial charge is 0.222 e. The van der Waals surface area contributed by atoms with E-state index in [1.54, 1.807) is 11.8 Å². The van der Waals surface area contributed by atoms with Crippen LogP contribution in [0.4, 0.5) is 0 Å². The van der Waals surface area contributed by atoms with Crippen molar-refractivity contribution < 1.29 is 19.3 Å². The monoisotopic (exact) mass is 481 g/mol. The van der Waals surface area contributed by atoms with Gasteiger partial charge in [0.2, 0.25) is 5.88 Å². The van der Waals surface area contributed by atoms with Gasteiger partial charge in [0.05, 0.1) is 31.5 Å². The lowest BCUT2D eigenvalue weighted by atomic mass is 10.1. The maximum Gasteiger partial charge on any atom is 0.222 e. The van der Waals surface area contributed by atoms with E-state index in [-0.39, 0.29) is 6.10 Å². The molecule has 0 aliphatic heterocycles. The van der Waals surface area contributed by atoms with Crippen LogP contribution in [0.15, 0.2) is 54.6 Å². The van der Waals surface area contributed by atoms with E-state index < -0.39 is 6.10 Å². The standard InChI is InChI=1S/C28H39N3O4/c1-20(2)16-31(17-23(32)19-34-21(3)4)18-24-27(22-12-8-7-9-13-22)29-30(5)28(24)35-26-15-11-10-14-25(26)33-6/h7-15,20-21,23,32H,16-19H2,1-6H3. The molecular weight excluding hydrogens is 442 g/mol. The highest BCUT2D eigenvalue weighted by molar-refractivity contribution is 5.66. The van der Waals surface area contributed by atoms with E-state index in [0.717, 1.165) is 23.4 Å². The van der Waals surface area contributed by atoms with Crippen molar-refractivity contribution in [3.8, 4) is 28.6 Å². The van der Waals surface area contributed by atoms with Crippen molar-refractivity contribution >= 4 is 0 Å². The molecular formula is C28H39N3O4. The fourth-order valence-electron chi connectivity index (χ4n) is 4.06. The van der Waals surface area contributed by atoms with Gasteiger partial charge in [-0.15, -0.1) is 0 Å². The van der Waals surface area contributed by atoms with Crippen LogP contribution >= 0.6 is 0 Å². The number of nitrogens with zero attached hydrogens (tertiary/aromatic N) is 3. The molecule has 190 valence electrons. The van der Waals surface area contributed by atoms with Crippen molar-refractivity contribution in [3.63, 3.8) is 0 Å². The highest BCUT2D eigenvalue weighted by Crippen LogP contribution is 2.37. The number of hydrogen-bond donors (Lipinski definition) is 1. The third-order valence-electron chi connectivity index (χ3n) is 5.51. The summed E-state index contributed by atoms with van der Waals surface area (Å²) in [6, 6.07) is 17.7. The molecule has 7 nitrogen and oxygen atoms in total. The van der Waals surface area contributed by atoms with Gasteiger partial charge in [-0.3, -0.25) is 4.90 Å². The molecule has 1 heterocycles. The maximum atomic E-state index is 10.7. The second kappa shape index (κ2) is 12.7. The van der Waals surface area contributed by atoms with Gasteiger partial charge in [-0.05, 0) is 31.9 Å². The molecule has 0 aliphatic rings. The van der Waals surface area contributed by atoms with Crippen LogP contribution in [0, 0.1) is 5.92 Å². The molecule has 0 bridgehead atoms. The van der Waals surface area contributed by atoms with Gasteiger partial charge in [-0.25, -0.2) is 4.68 Å². The molecule has 0 saturated carbocycles. The predicted octanol–water partition coefficient (Wildman–Crippen LogP) is 5.13. The van der Waals surface area contributed by atoms with E-state index in [0.29, 0.717) is 43.0 Å². The van der Waals surface area contributed by atoms with Gasteiger partial charge in [0.15, 0.2) is 11.5 Å². The van der Waals surface area contributed by atoms with Crippen LogP contribution in [0.2, 0.25) is 0 Å². The van der Waals surface area contributed by atoms with Crippen LogP contribution in [-0.4, -0.2) is 58.8 Å². The number of ether oxygens (including phenoxy) is 3. The van der Waals surface area contributed by atoms with Gasteiger partial charge in [-0.1, -0.05) is 56.3 Å². The lowest BCUT2D eigenvalue weighted by Gasteiger charge is -2.27. The molecule has 0 amide bonds. The topological polar surface area (TPSA) is 69.0 Å². The Balaban J connectivity index is 1.99. The molecule has 0 aliphatic carbocycles. The summed E-state index contributed by atoms with van der Waals surface area (Å²) in [5.41, 5.74) is 2.84. The third-order valence-corrected chi connectivity index (χ3v) is 5.51. The normalized spacial score (nSPS) is 12.5. The van der Waals surface area contributed by atoms with Crippen molar-refractivity contribution in [2.75, 3.05) is 26.8 Å². The summed E-state index contributed by atoms with van der Waals surface area (Å²) in [5.74, 6) is 2.35. The van der Waals surface area contributed by atoms with E-state index in [9.17, 15) is 5.11 Å². The first kappa shape index (κ1) is 26.7. The summed E-state index contributed by atoms with van der Waals surface area (Å²) in [4.78, 5) is 2.25. The highest BCUT2D eigenvalue weighted by Gasteiger charge is 2.24. The minimum absolute atomic E-state index is 0.0760. The summed E-state index contributed by atoms with van der Waals surface area (Å²) in [7, 11) is 3.52. The van der Waals surface area contributed by atoms with Gasteiger partial charge in [-0.2, -0.15) is 5.10 Å². The van der Waals surface area contributed by atoms with E-state index >= 15 is 0 Å². The van der Waals surface area contributed by atoms with Crippen molar-refractivity contribution in [2.45, 2.75) is 46.4 Å². The Morgan fingerprint density at radius 2 is 1.60 bits per heavy atom. The molecule has 0 saturated heterocycles. The quantitative estimate of drug-likeness (QED) is 0.365. The fourth-order valence-corrected chi connectivity index (χ4v) is 4.06. The Morgan fingerprint density at radius 3 is 2.23 bits per heavy atom. The summed E-state index contributed by atoms with van der Waals surface area (Å²) in [5, 5.41) is 15.5. The molecule has 1 aromatic heterocycles. The number of aliphatic hydroxyl groups excluding tert-OH is 1. The van der Waals surface area contributed by atoms with Crippen LogP contribution in [-0.2, 0) is 18.3 Å². The second-order valence-corrected chi connectivity index (χ2v) is 9.50. The van der Waals surface area contributed by atoms with Crippen molar-refractivity contribution in [1.82, 2.24) is 14.7 Å². The third kappa shape index (κ3) is 7.56. The first-order chi connectivity index (χ1) is 16.8. The zero-order chi connectivity index (χ0) is 25.4. The molecule has 0 spiro atoms. The molecule has 1 unspecified atom stereocenters. The molecule has 0 radical (unpaired) electrons. The first-order valence-corrected chi connectivity index (χ1v) is 12.2. The zero-order valence-electron chi connectivity index (χ0n) is 21.8. The van der Waals surface area contributed by atoms with Crippen LogP contribution in [0.1, 0.15) is 33.3 Å². The molecule has 0 fully saturated rings. The average Bonchev–Trinajstić information content (AvgIpc) is 3.13. The fraction of sp³-hybridized carbons (Fsp3) is 0.464. The number of benzene rings is 2. The van der Waals surface area contributed by atoms with Gasteiger partial charge in [0.25, 0.3) is 0 Å². The Kier molecular flexibility index (Phi) is 9.72. The van der Waals surface area contributed by atoms with Crippen molar-refractivity contribution in [1.29, 1.82) is 0 Å². The van der Waals surface area contributed by atoms with Gasteiger partial charge >= 0.3 is 0 Å². The largest absolute Gasteiger partial charge is 0.493 e. The minimum Gasteiger partial charge on any atom is -0.493 e. The van der Waals surface area contributed by atoms with Gasteiger partial charge in [0.1, 0.15) is 5.69 Å². The number of methoxy groups -OCH3 is 1. The summed E-state index contributed by atoms with van der Waals surface area (Å²) < 4.78 is 19.4. The number of aliphatic hydroxyl groups is 1. The predicted molar refractivity (Wildman–Crippen MR) is 139 cm³/mol. The highest BCUT2D eigenvalue weighted by atomic mass is 16.5. The molecule has 7 heteroatoms. The molecule has 1 N–H and O–H groups in total. The minimum atomic E-state index is -0.591. The Bertz CT molecular complexity index is 1050. The molecule has 1 atom stereocenters.